The highest BCUT2D eigenvalue weighted by Crippen LogP contribution is 2.38. The van der Waals surface area contributed by atoms with Gasteiger partial charge in [-0.05, 0) is 19.2 Å². The van der Waals surface area contributed by atoms with E-state index in [1.54, 1.807) is 0 Å². The number of likely N-dealkylation sites (N-methyl/N-ethyl adjacent to an activating group) is 1. The maximum Gasteiger partial charge on any atom is 0.209 e. The lowest BCUT2D eigenvalue weighted by atomic mass is 9.98. The molecule has 100 valence electrons. The van der Waals surface area contributed by atoms with E-state index in [-0.39, 0.29) is 0 Å². The fourth-order valence-electron chi connectivity index (χ4n) is 2.96. The highest BCUT2D eigenvalue weighted by atomic mass is 15.5. The third kappa shape index (κ3) is 1.77. The molecule has 0 bridgehead atoms. The van der Waals surface area contributed by atoms with Crippen LogP contribution in [0.1, 0.15) is 5.56 Å². The second-order valence-corrected chi connectivity index (χ2v) is 5.06. The molecule has 3 rings (SSSR count). The van der Waals surface area contributed by atoms with Gasteiger partial charge in [0, 0.05) is 24.3 Å². The van der Waals surface area contributed by atoms with E-state index in [1.807, 2.05) is 55.6 Å². The van der Waals surface area contributed by atoms with Gasteiger partial charge in [-0.2, -0.15) is 5.26 Å². The molecule has 1 atom stereocenters. The summed E-state index contributed by atoms with van der Waals surface area (Å²) in [5.74, 6) is 0. The molecule has 2 aromatic rings. The van der Waals surface area contributed by atoms with E-state index in [9.17, 15) is 5.26 Å². The van der Waals surface area contributed by atoms with E-state index in [4.69, 9.17) is 0 Å². The van der Waals surface area contributed by atoms with Gasteiger partial charge in [-0.3, -0.25) is 4.90 Å². The van der Waals surface area contributed by atoms with Crippen molar-refractivity contribution in [3.05, 3.63) is 66.2 Å². The maximum atomic E-state index is 9.94. The Morgan fingerprint density at radius 3 is 2.15 bits per heavy atom. The third-order valence-corrected chi connectivity index (χ3v) is 4.00. The van der Waals surface area contributed by atoms with E-state index in [0.29, 0.717) is 0 Å². The van der Waals surface area contributed by atoms with Gasteiger partial charge >= 0.3 is 0 Å². The highest BCUT2D eigenvalue weighted by molar-refractivity contribution is 5.55. The van der Waals surface area contributed by atoms with Gasteiger partial charge in [-0.15, -0.1) is 0 Å². The average molecular weight is 263 g/mol. The molecule has 0 N–H and O–H groups in total. The third-order valence-electron chi connectivity index (χ3n) is 4.00. The molecular formula is C17H17N3. The molecule has 0 spiro atoms. The Kier molecular flexibility index (Phi) is 3.17. The van der Waals surface area contributed by atoms with Crippen LogP contribution in [0, 0.1) is 11.3 Å². The lowest BCUT2D eigenvalue weighted by molar-refractivity contribution is 0.242. The van der Waals surface area contributed by atoms with Crippen LogP contribution in [0.2, 0.25) is 0 Å². The fourth-order valence-corrected chi connectivity index (χ4v) is 2.96. The Hall–Kier alpha value is -2.31. The maximum absolute atomic E-state index is 9.94. The SMILES string of the molecule is CN1CCN(c2ccccc2)C1(C#N)c1ccccc1. The van der Waals surface area contributed by atoms with Crippen molar-refractivity contribution < 1.29 is 0 Å². The van der Waals surface area contributed by atoms with Crippen LogP contribution in [0.25, 0.3) is 0 Å². The zero-order valence-corrected chi connectivity index (χ0v) is 11.5. The molecule has 20 heavy (non-hydrogen) atoms. The minimum atomic E-state index is -0.720. The molecule has 1 fully saturated rings. The van der Waals surface area contributed by atoms with Crippen molar-refractivity contribution in [1.29, 1.82) is 5.26 Å². The number of benzene rings is 2. The van der Waals surface area contributed by atoms with E-state index in [2.05, 4.69) is 28.0 Å². The first-order valence-corrected chi connectivity index (χ1v) is 6.80. The summed E-state index contributed by atoms with van der Waals surface area (Å²) in [7, 11) is 2.01. The predicted molar refractivity (Wildman–Crippen MR) is 80.2 cm³/mol. The largest absolute Gasteiger partial charge is 0.336 e. The molecule has 0 aliphatic carbocycles. The molecule has 1 heterocycles. The summed E-state index contributed by atoms with van der Waals surface area (Å²) in [6.07, 6.45) is 0. The standard InChI is InChI=1S/C17H17N3/c1-19-12-13-20(16-10-6-3-7-11-16)17(19,14-18)15-8-4-2-5-9-15/h2-11H,12-13H2,1H3. The van der Waals surface area contributed by atoms with Crippen molar-refractivity contribution in [2.45, 2.75) is 5.66 Å². The molecule has 3 heteroatoms. The first kappa shape index (κ1) is 12.7. The van der Waals surface area contributed by atoms with Gasteiger partial charge < -0.3 is 4.90 Å². The van der Waals surface area contributed by atoms with Crippen LogP contribution in [-0.4, -0.2) is 25.0 Å². The molecule has 1 saturated heterocycles. The van der Waals surface area contributed by atoms with Crippen molar-refractivity contribution in [2.75, 3.05) is 25.0 Å². The van der Waals surface area contributed by atoms with E-state index in [0.717, 1.165) is 24.3 Å². The number of hydrogen-bond donors (Lipinski definition) is 0. The van der Waals surface area contributed by atoms with E-state index >= 15 is 0 Å². The topological polar surface area (TPSA) is 30.3 Å². The zero-order chi connectivity index (χ0) is 14.0. The molecule has 2 aromatic carbocycles. The number of hydrogen-bond acceptors (Lipinski definition) is 3. The first-order chi connectivity index (χ1) is 9.79. The molecule has 0 aromatic heterocycles. The zero-order valence-electron chi connectivity index (χ0n) is 11.5. The molecule has 0 radical (unpaired) electrons. The van der Waals surface area contributed by atoms with Crippen LogP contribution in [-0.2, 0) is 5.66 Å². The monoisotopic (exact) mass is 263 g/mol. The second kappa shape index (κ2) is 4.99. The van der Waals surface area contributed by atoms with Crippen LogP contribution in [0.15, 0.2) is 60.7 Å². The second-order valence-electron chi connectivity index (χ2n) is 5.06. The number of nitrogens with zero attached hydrogens (tertiary/aromatic N) is 3. The van der Waals surface area contributed by atoms with E-state index < -0.39 is 5.66 Å². The Labute approximate surface area is 119 Å². The van der Waals surface area contributed by atoms with Crippen molar-refractivity contribution >= 4 is 5.69 Å². The molecule has 0 amide bonds. The van der Waals surface area contributed by atoms with Gasteiger partial charge in [-0.1, -0.05) is 48.5 Å². The average Bonchev–Trinajstić information content (AvgIpc) is 2.86. The summed E-state index contributed by atoms with van der Waals surface area (Å²) in [4.78, 5) is 4.30. The molecule has 0 saturated carbocycles. The number of anilines is 1. The summed E-state index contributed by atoms with van der Waals surface area (Å²) in [6.45, 7) is 1.72. The quantitative estimate of drug-likeness (QED) is 0.834. The number of nitriles is 1. The molecular weight excluding hydrogens is 246 g/mol. The normalized spacial score (nSPS) is 22.7. The van der Waals surface area contributed by atoms with Gasteiger partial charge in [0.2, 0.25) is 5.66 Å². The molecule has 1 aliphatic rings. The Balaban J connectivity index is 2.14. The number of rotatable bonds is 2. The van der Waals surface area contributed by atoms with Gasteiger partial charge in [0.1, 0.15) is 6.07 Å². The molecule has 1 unspecified atom stereocenters. The van der Waals surface area contributed by atoms with Crippen LogP contribution < -0.4 is 4.90 Å². The van der Waals surface area contributed by atoms with Gasteiger partial charge in [0.05, 0.1) is 0 Å². The summed E-state index contributed by atoms with van der Waals surface area (Å²) >= 11 is 0. The van der Waals surface area contributed by atoms with Gasteiger partial charge in [0.25, 0.3) is 0 Å². The first-order valence-electron chi connectivity index (χ1n) is 6.80. The lowest BCUT2D eigenvalue weighted by Gasteiger charge is -2.38. The van der Waals surface area contributed by atoms with Gasteiger partial charge in [0.15, 0.2) is 0 Å². The summed E-state index contributed by atoms with van der Waals surface area (Å²) in [5, 5.41) is 9.94. The summed E-state index contributed by atoms with van der Waals surface area (Å²) in [6, 6.07) is 22.7. The summed E-state index contributed by atoms with van der Waals surface area (Å²) in [5.41, 5.74) is 1.39. The van der Waals surface area contributed by atoms with Crippen LogP contribution >= 0.6 is 0 Å². The van der Waals surface area contributed by atoms with Crippen LogP contribution in [0.4, 0.5) is 5.69 Å². The molecule has 3 nitrogen and oxygen atoms in total. The van der Waals surface area contributed by atoms with Crippen LogP contribution in [0.5, 0.6) is 0 Å². The smallest absolute Gasteiger partial charge is 0.209 e. The van der Waals surface area contributed by atoms with Crippen molar-refractivity contribution in [3.63, 3.8) is 0 Å². The van der Waals surface area contributed by atoms with Crippen molar-refractivity contribution in [2.24, 2.45) is 0 Å². The minimum absolute atomic E-state index is 0.720. The fraction of sp³-hybridized carbons (Fsp3) is 0.235. The highest BCUT2D eigenvalue weighted by Gasteiger charge is 2.47. The Bertz CT molecular complexity index is 618. The minimum Gasteiger partial charge on any atom is -0.336 e. The van der Waals surface area contributed by atoms with Crippen LogP contribution in [0.3, 0.4) is 0 Å². The Morgan fingerprint density at radius 2 is 1.55 bits per heavy atom. The Morgan fingerprint density at radius 1 is 0.950 bits per heavy atom. The number of para-hydroxylation sites is 1. The molecule has 1 aliphatic heterocycles. The summed E-state index contributed by atoms with van der Waals surface area (Å²) < 4.78 is 0. The predicted octanol–water partition coefficient (Wildman–Crippen LogP) is 2.81. The lowest BCUT2D eigenvalue weighted by Crippen LogP contribution is -2.48. The van der Waals surface area contributed by atoms with E-state index in [1.165, 1.54) is 0 Å². The van der Waals surface area contributed by atoms with Gasteiger partial charge in [-0.25, -0.2) is 0 Å². The van der Waals surface area contributed by atoms with Crippen molar-refractivity contribution in [3.8, 4) is 6.07 Å². The van der Waals surface area contributed by atoms with Crippen molar-refractivity contribution in [1.82, 2.24) is 4.90 Å².